The van der Waals surface area contributed by atoms with Gasteiger partial charge in [-0.15, -0.1) is 0 Å². The first kappa shape index (κ1) is 25.7. The molecule has 0 saturated carbocycles. The molecule has 8 heteroatoms. The molecule has 3 aromatic rings. The van der Waals surface area contributed by atoms with Crippen molar-refractivity contribution in [3.63, 3.8) is 0 Å². The second-order valence-corrected chi connectivity index (χ2v) is 9.75. The molecule has 4 rings (SSSR count). The maximum Gasteiger partial charge on any atom is 0.155 e. The van der Waals surface area contributed by atoms with Crippen LogP contribution in [0.15, 0.2) is 48.9 Å². The van der Waals surface area contributed by atoms with E-state index in [0.29, 0.717) is 29.5 Å². The fourth-order valence-corrected chi connectivity index (χ4v) is 4.57. The molecule has 188 valence electrons. The van der Waals surface area contributed by atoms with E-state index in [2.05, 4.69) is 52.2 Å². The molecule has 0 bridgehead atoms. The first-order valence-corrected chi connectivity index (χ1v) is 12.7. The molecule has 0 unspecified atom stereocenters. The van der Waals surface area contributed by atoms with Gasteiger partial charge < -0.3 is 19.7 Å². The number of hydrogen-bond acceptors (Lipinski definition) is 7. The molecule has 0 amide bonds. The molecule has 2 heterocycles. The summed E-state index contributed by atoms with van der Waals surface area (Å²) >= 11 is 6.52. The summed E-state index contributed by atoms with van der Waals surface area (Å²) in [6, 6.07) is 14.0. The van der Waals surface area contributed by atoms with Crippen LogP contribution < -0.4 is 19.7 Å². The number of rotatable bonds is 9. The molecule has 0 atom stereocenters. The van der Waals surface area contributed by atoms with Crippen molar-refractivity contribution in [2.75, 3.05) is 37.7 Å². The van der Waals surface area contributed by atoms with E-state index in [1.54, 1.807) is 6.33 Å². The summed E-state index contributed by atoms with van der Waals surface area (Å²) in [5, 5.41) is 13.5. The number of anilines is 1. The number of hydrogen-bond donors (Lipinski definition) is 1. The normalized spacial score (nSPS) is 13.8. The number of nitriles is 1. The van der Waals surface area contributed by atoms with Crippen LogP contribution in [0.3, 0.4) is 0 Å². The Hall–Kier alpha value is -3.34. The van der Waals surface area contributed by atoms with E-state index in [9.17, 15) is 5.26 Å². The predicted molar refractivity (Wildman–Crippen MR) is 142 cm³/mol. The molecule has 2 aromatic carbocycles. The second kappa shape index (κ2) is 11.6. The predicted octanol–water partition coefficient (Wildman–Crippen LogP) is 5.10. The minimum absolute atomic E-state index is 0.375. The molecule has 36 heavy (non-hydrogen) atoms. The summed E-state index contributed by atoms with van der Waals surface area (Å²) in [5.41, 5.74) is 3.07. The third-order valence-corrected chi connectivity index (χ3v) is 6.77. The zero-order valence-corrected chi connectivity index (χ0v) is 21.8. The minimum Gasteiger partial charge on any atom is -0.491 e. The number of ether oxygens (including phenoxy) is 2. The summed E-state index contributed by atoms with van der Waals surface area (Å²) in [6.45, 7) is 10.9. The summed E-state index contributed by atoms with van der Waals surface area (Å²) in [5.74, 6) is 2.15. The van der Waals surface area contributed by atoms with Crippen molar-refractivity contribution in [2.45, 2.75) is 39.2 Å². The number of benzene rings is 2. The van der Waals surface area contributed by atoms with Gasteiger partial charge >= 0.3 is 0 Å². The molecule has 1 saturated heterocycles. The topological polar surface area (TPSA) is 83.3 Å². The first-order chi connectivity index (χ1) is 17.4. The van der Waals surface area contributed by atoms with Gasteiger partial charge in [0.25, 0.3) is 0 Å². The van der Waals surface area contributed by atoms with E-state index in [-0.39, 0.29) is 5.41 Å². The summed E-state index contributed by atoms with van der Waals surface area (Å²) in [7, 11) is 0. The van der Waals surface area contributed by atoms with E-state index in [1.165, 1.54) is 0 Å². The van der Waals surface area contributed by atoms with Gasteiger partial charge in [0, 0.05) is 37.8 Å². The van der Waals surface area contributed by atoms with Crippen LogP contribution in [0.1, 0.15) is 49.4 Å². The third-order valence-electron chi connectivity index (χ3n) is 6.49. The molecule has 1 aliphatic rings. The molecule has 0 spiro atoms. The smallest absolute Gasteiger partial charge is 0.155 e. The number of nitrogens with zero attached hydrogens (tertiary/aromatic N) is 4. The zero-order valence-electron chi connectivity index (χ0n) is 21.1. The third kappa shape index (κ3) is 5.72. The van der Waals surface area contributed by atoms with Crippen molar-refractivity contribution in [1.29, 1.82) is 5.26 Å². The largest absolute Gasteiger partial charge is 0.491 e. The monoisotopic (exact) mass is 505 g/mol. The van der Waals surface area contributed by atoms with E-state index < -0.39 is 0 Å². The number of halogens is 1. The zero-order chi connectivity index (χ0) is 25.5. The summed E-state index contributed by atoms with van der Waals surface area (Å²) in [4.78, 5) is 11.0. The Balaban J connectivity index is 1.49. The van der Waals surface area contributed by atoms with Gasteiger partial charge in [0.2, 0.25) is 0 Å². The Bertz CT molecular complexity index is 1220. The van der Waals surface area contributed by atoms with E-state index in [4.69, 9.17) is 21.1 Å². The minimum atomic E-state index is -0.375. The van der Waals surface area contributed by atoms with Crippen LogP contribution in [-0.2, 0) is 12.0 Å². The van der Waals surface area contributed by atoms with Crippen LogP contribution in [0, 0.1) is 11.3 Å². The molecule has 0 aliphatic carbocycles. The van der Waals surface area contributed by atoms with Crippen LogP contribution in [0.5, 0.6) is 11.5 Å². The van der Waals surface area contributed by atoms with Gasteiger partial charge in [0.1, 0.15) is 30.6 Å². The fraction of sp³-hybridized carbons (Fsp3) is 0.393. The molecule has 1 N–H and O–H groups in total. The van der Waals surface area contributed by atoms with Crippen molar-refractivity contribution in [2.24, 2.45) is 0 Å². The average molecular weight is 506 g/mol. The van der Waals surface area contributed by atoms with Crippen LogP contribution in [0.25, 0.3) is 0 Å². The highest BCUT2D eigenvalue weighted by atomic mass is 35.5. The molecular weight excluding hydrogens is 474 g/mol. The van der Waals surface area contributed by atoms with Crippen molar-refractivity contribution in [1.82, 2.24) is 15.3 Å². The molecule has 1 fully saturated rings. The number of nitrogens with one attached hydrogen (secondary N) is 1. The van der Waals surface area contributed by atoms with Gasteiger partial charge in [-0.3, -0.25) is 0 Å². The molecule has 1 aromatic heterocycles. The Morgan fingerprint density at radius 1 is 1.11 bits per heavy atom. The lowest BCUT2D eigenvalue weighted by Gasteiger charge is -2.29. The lowest BCUT2D eigenvalue weighted by molar-refractivity contribution is 0.305. The Labute approximate surface area is 218 Å². The van der Waals surface area contributed by atoms with Gasteiger partial charge in [0.15, 0.2) is 5.75 Å². The molecule has 7 nitrogen and oxygen atoms in total. The van der Waals surface area contributed by atoms with Gasteiger partial charge in [-0.1, -0.05) is 44.5 Å². The van der Waals surface area contributed by atoms with Crippen LogP contribution in [0.2, 0.25) is 5.02 Å². The highest BCUT2D eigenvalue weighted by Gasteiger charge is 2.26. The molecule has 1 aliphatic heterocycles. The quantitative estimate of drug-likeness (QED) is 0.433. The van der Waals surface area contributed by atoms with Crippen LogP contribution in [0.4, 0.5) is 5.82 Å². The maximum atomic E-state index is 9.67. The van der Waals surface area contributed by atoms with Crippen molar-refractivity contribution in [3.05, 3.63) is 76.2 Å². The molecular formula is C28H32ClN5O2. The van der Waals surface area contributed by atoms with Gasteiger partial charge in [-0.2, -0.15) is 5.26 Å². The van der Waals surface area contributed by atoms with Crippen molar-refractivity contribution in [3.8, 4) is 17.6 Å². The van der Waals surface area contributed by atoms with Crippen molar-refractivity contribution >= 4 is 17.4 Å². The Morgan fingerprint density at radius 3 is 2.56 bits per heavy atom. The second-order valence-electron chi connectivity index (χ2n) is 9.34. The Kier molecular flexibility index (Phi) is 8.29. The standard InChI is InChI=1S/C28H32ClN5O2/c1-4-13-35-26-20(16-30)14-23(15-25(26)29)28(2,3)22-5-7-24(8-6-22)36-18-21-17-32-19-33-27(21)34-11-9-31-10-12-34/h5-8,14-15,17,19,31H,4,9-13,18H2,1-3H3. The van der Waals surface area contributed by atoms with E-state index in [0.717, 1.165) is 60.9 Å². The number of aromatic nitrogens is 2. The molecule has 0 radical (unpaired) electrons. The number of piperazine rings is 1. The van der Waals surface area contributed by atoms with Crippen molar-refractivity contribution < 1.29 is 9.47 Å². The van der Waals surface area contributed by atoms with E-state index >= 15 is 0 Å². The summed E-state index contributed by atoms with van der Waals surface area (Å²) in [6.07, 6.45) is 4.26. The summed E-state index contributed by atoms with van der Waals surface area (Å²) < 4.78 is 11.8. The van der Waals surface area contributed by atoms with Crippen LogP contribution >= 0.6 is 11.6 Å². The maximum absolute atomic E-state index is 9.67. The van der Waals surface area contributed by atoms with Gasteiger partial charge in [-0.25, -0.2) is 9.97 Å². The Morgan fingerprint density at radius 2 is 1.86 bits per heavy atom. The lowest BCUT2D eigenvalue weighted by atomic mass is 9.77. The SMILES string of the molecule is CCCOc1c(Cl)cc(C(C)(C)c2ccc(OCc3cncnc3N3CCNCC3)cc2)cc1C#N. The van der Waals surface area contributed by atoms with Crippen LogP contribution in [-0.4, -0.2) is 42.8 Å². The first-order valence-electron chi connectivity index (χ1n) is 12.3. The highest BCUT2D eigenvalue weighted by Crippen LogP contribution is 2.38. The highest BCUT2D eigenvalue weighted by molar-refractivity contribution is 6.32. The fourth-order valence-electron chi connectivity index (χ4n) is 4.30. The lowest BCUT2D eigenvalue weighted by Crippen LogP contribution is -2.44. The van der Waals surface area contributed by atoms with Gasteiger partial charge in [-0.05, 0) is 41.8 Å². The van der Waals surface area contributed by atoms with Gasteiger partial charge in [0.05, 0.1) is 22.8 Å². The average Bonchev–Trinajstić information content (AvgIpc) is 2.91. The van der Waals surface area contributed by atoms with E-state index in [1.807, 2.05) is 37.4 Å².